The Morgan fingerprint density at radius 2 is 1.83 bits per heavy atom. The van der Waals surface area contributed by atoms with Crippen LogP contribution in [0.5, 0.6) is 0 Å². The summed E-state index contributed by atoms with van der Waals surface area (Å²) in [5.41, 5.74) is 0. The van der Waals surface area contributed by atoms with Crippen LogP contribution in [0.1, 0.15) is 0 Å². The zero-order chi connectivity index (χ0) is 9.56. The molecule has 0 rings (SSSR count). The molecule has 0 saturated carbocycles. The minimum atomic E-state index is -2.07. The summed E-state index contributed by atoms with van der Waals surface area (Å²) in [4.78, 5) is 0. The van der Waals surface area contributed by atoms with Crippen molar-refractivity contribution in [3.8, 4) is 0 Å². The van der Waals surface area contributed by atoms with Crippen LogP contribution >= 0.6 is 23.2 Å². The maximum absolute atomic E-state index is 12.6. The van der Waals surface area contributed by atoms with E-state index in [0.717, 1.165) is 0 Å². The van der Waals surface area contributed by atoms with E-state index in [2.05, 4.69) is 4.74 Å². The molecule has 0 aliphatic rings. The van der Waals surface area contributed by atoms with E-state index in [4.69, 9.17) is 28.3 Å². The molecule has 0 radical (unpaired) electrons. The molecule has 0 aliphatic carbocycles. The zero-order valence-electron chi connectivity index (χ0n) is 6.22. The van der Waals surface area contributed by atoms with Crippen molar-refractivity contribution in [3.63, 3.8) is 0 Å². The van der Waals surface area contributed by atoms with Gasteiger partial charge in [-0.05, 0) is 0 Å². The van der Waals surface area contributed by atoms with Crippen LogP contribution in [0.25, 0.3) is 0 Å². The number of halogens is 4. The first-order valence-electron chi connectivity index (χ1n) is 3.31. The summed E-state index contributed by atoms with van der Waals surface area (Å²) in [6.07, 6.45) is -4.54. The van der Waals surface area contributed by atoms with Crippen LogP contribution in [-0.2, 0) is 4.74 Å². The molecule has 2 unspecified atom stereocenters. The Kier molecular flexibility index (Phi) is 7.04. The fourth-order valence-electron chi connectivity index (χ4n) is 0.459. The number of rotatable bonds is 6. The van der Waals surface area contributed by atoms with Gasteiger partial charge < -0.3 is 9.84 Å². The van der Waals surface area contributed by atoms with Gasteiger partial charge in [-0.1, -0.05) is 0 Å². The van der Waals surface area contributed by atoms with Gasteiger partial charge in [0.1, 0.15) is 12.8 Å². The highest BCUT2D eigenvalue weighted by molar-refractivity contribution is 6.21. The van der Waals surface area contributed by atoms with Gasteiger partial charge in [-0.25, -0.2) is 8.78 Å². The molecule has 2 nitrogen and oxygen atoms in total. The second-order valence-corrected chi connectivity index (χ2v) is 2.76. The molecule has 0 bridgehead atoms. The molecule has 0 aromatic rings. The first-order chi connectivity index (χ1) is 5.65. The first kappa shape index (κ1) is 12.4. The van der Waals surface area contributed by atoms with E-state index in [1.54, 1.807) is 0 Å². The summed E-state index contributed by atoms with van der Waals surface area (Å²) in [7, 11) is 0. The van der Waals surface area contributed by atoms with Crippen LogP contribution in [0, 0.1) is 0 Å². The second kappa shape index (κ2) is 6.83. The Morgan fingerprint density at radius 3 is 2.17 bits per heavy atom. The second-order valence-electron chi connectivity index (χ2n) is 2.14. The van der Waals surface area contributed by atoms with E-state index < -0.39 is 25.2 Å². The largest absolute Gasteiger partial charge is 0.385 e. The van der Waals surface area contributed by atoms with Gasteiger partial charge in [0.15, 0.2) is 0 Å². The number of aliphatic hydroxyl groups excluding tert-OH is 1. The maximum atomic E-state index is 12.6. The fourth-order valence-corrected chi connectivity index (χ4v) is 0.934. The lowest BCUT2D eigenvalue weighted by molar-refractivity contribution is -0.137. The van der Waals surface area contributed by atoms with E-state index in [1.165, 1.54) is 0 Å². The van der Waals surface area contributed by atoms with E-state index >= 15 is 0 Å². The average Bonchev–Trinajstić information content (AvgIpc) is 2.12. The zero-order valence-corrected chi connectivity index (χ0v) is 7.73. The van der Waals surface area contributed by atoms with Crippen LogP contribution < -0.4 is 0 Å². The third-order valence-electron chi connectivity index (χ3n) is 1.13. The van der Waals surface area contributed by atoms with Crippen LogP contribution in [0.15, 0.2) is 0 Å². The van der Waals surface area contributed by atoms with Crippen molar-refractivity contribution in [2.24, 2.45) is 0 Å². The van der Waals surface area contributed by atoms with Gasteiger partial charge in [0.2, 0.25) is 6.36 Å². The quantitative estimate of drug-likeness (QED) is 0.691. The molecule has 0 amide bonds. The van der Waals surface area contributed by atoms with Crippen molar-refractivity contribution in [3.05, 3.63) is 0 Å². The van der Waals surface area contributed by atoms with Crippen molar-refractivity contribution in [2.75, 3.05) is 18.4 Å². The monoisotopic (exact) mass is 222 g/mol. The number of aliphatic hydroxyl groups is 1. The highest BCUT2D eigenvalue weighted by Crippen LogP contribution is 2.08. The van der Waals surface area contributed by atoms with E-state index in [1.807, 2.05) is 0 Å². The number of alkyl halides is 4. The van der Waals surface area contributed by atoms with Crippen molar-refractivity contribution >= 4 is 23.2 Å². The van der Waals surface area contributed by atoms with Crippen molar-refractivity contribution in [2.45, 2.75) is 18.6 Å². The van der Waals surface area contributed by atoms with Crippen LogP contribution in [0.3, 0.4) is 0 Å². The Balaban J connectivity index is 3.72. The lowest BCUT2D eigenvalue weighted by Gasteiger charge is -2.18. The van der Waals surface area contributed by atoms with Crippen LogP contribution in [0.4, 0.5) is 8.78 Å². The molecule has 0 spiro atoms. The Labute approximate surface area is 79.4 Å². The molecular formula is C6H10Cl2F2O2. The standard InChI is InChI=1S/C6H10Cl2F2O2/c7-1-4(2-8)12-6(10)5(11)3-9/h4-6,11H,1-3H2. The molecule has 0 aliphatic heterocycles. The van der Waals surface area contributed by atoms with Crippen LogP contribution in [-0.4, -0.2) is 42.1 Å². The van der Waals surface area contributed by atoms with Gasteiger partial charge in [-0.15, -0.1) is 23.2 Å². The Morgan fingerprint density at radius 1 is 1.33 bits per heavy atom. The molecule has 1 N–H and O–H groups in total. The number of hydrogen-bond donors (Lipinski definition) is 1. The summed E-state index contributed by atoms with van der Waals surface area (Å²) < 4.78 is 28.7. The maximum Gasteiger partial charge on any atom is 0.228 e. The number of ether oxygens (including phenoxy) is 1. The summed E-state index contributed by atoms with van der Waals surface area (Å²) >= 11 is 10.6. The van der Waals surface area contributed by atoms with Gasteiger partial charge in [0, 0.05) is 11.8 Å². The molecule has 6 heteroatoms. The topological polar surface area (TPSA) is 29.5 Å². The van der Waals surface area contributed by atoms with Gasteiger partial charge in [-0.3, -0.25) is 0 Å². The van der Waals surface area contributed by atoms with Crippen molar-refractivity contribution in [1.82, 2.24) is 0 Å². The van der Waals surface area contributed by atoms with E-state index in [0.29, 0.717) is 0 Å². The van der Waals surface area contributed by atoms with E-state index in [9.17, 15) is 8.78 Å². The molecule has 2 atom stereocenters. The minimum absolute atomic E-state index is 0.00290. The van der Waals surface area contributed by atoms with Gasteiger partial charge in [-0.2, -0.15) is 0 Å². The van der Waals surface area contributed by atoms with Gasteiger partial charge >= 0.3 is 0 Å². The predicted molar refractivity (Wildman–Crippen MR) is 43.2 cm³/mol. The summed E-state index contributed by atoms with van der Waals surface area (Å²) in [5, 5.41) is 8.61. The minimum Gasteiger partial charge on any atom is -0.385 e. The predicted octanol–water partition coefficient (Wildman–Crippen LogP) is 1.48. The molecule has 0 heterocycles. The van der Waals surface area contributed by atoms with Crippen LogP contribution in [0.2, 0.25) is 0 Å². The normalized spacial score (nSPS) is 16.5. The van der Waals surface area contributed by atoms with Crippen molar-refractivity contribution in [1.29, 1.82) is 0 Å². The lowest BCUT2D eigenvalue weighted by Crippen LogP contribution is -2.32. The van der Waals surface area contributed by atoms with Gasteiger partial charge in [0.05, 0.1) is 6.10 Å². The highest BCUT2D eigenvalue weighted by atomic mass is 35.5. The SMILES string of the molecule is OC(CF)C(F)OC(CCl)CCl. The van der Waals surface area contributed by atoms with Crippen molar-refractivity contribution < 1.29 is 18.6 Å². The summed E-state index contributed by atoms with van der Waals surface area (Å²) in [5.74, 6) is 0.00580. The molecule has 12 heavy (non-hydrogen) atoms. The molecule has 0 saturated heterocycles. The first-order valence-corrected chi connectivity index (χ1v) is 4.38. The molecule has 0 aromatic heterocycles. The fraction of sp³-hybridized carbons (Fsp3) is 1.00. The molecule has 74 valence electrons. The summed E-state index contributed by atoms with van der Waals surface area (Å²) in [6.45, 7) is -1.20. The van der Waals surface area contributed by atoms with E-state index in [-0.39, 0.29) is 11.8 Å². The average molecular weight is 223 g/mol. The summed E-state index contributed by atoms with van der Waals surface area (Å²) in [6, 6.07) is 0. The lowest BCUT2D eigenvalue weighted by atomic mass is 10.4. The highest BCUT2D eigenvalue weighted by Gasteiger charge is 2.22. The smallest absolute Gasteiger partial charge is 0.228 e. The Hall–Kier alpha value is 0.360. The van der Waals surface area contributed by atoms with Gasteiger partial charge in [0.25, 0.3) is 0 Å². The molecule has 0 aromatic carbocycles. The number of hydrogen-bond acceptors (Lipinski definition) is 2. The molecule has 0 fully saturated rings. The third-order valence-corrected chi connectivity index (χ3v) is 1.82. The molecular weight excluding hydrogens is 213 g/mol. The third kappa shape index (κ3) is 4.40. The Bertz CT molecular complexity index is 114.